The SMILES string of the molecule is C/C=C(/C(N)=O)C(=O)c1ccc(C)c(OC)c1C. The number of Topliss-reactive ketones (excluding diaryl/α,β-unsaturated/α-hetero) is 1. The number of ketones is 1. The Morgan fingerprint density at radius 2 is 1.89 bits per heavy atom. The first-order valence-corrected chi connectivity index (χ1v) is 5.59. The van der Waals surface area contributed by atoms with E-state index in [2.05, 4.69) is 0 Å². The summed E-state index contributed by atoms with van der Waals surface area (Å²) in [6, 6.07) is 3.47. The smallest absolute Gasteiger partial charge is 0.252 e. The predicted molar refractivity (Wildman–Crippen MR) is 69.7 cm³/mol. The average molecular weight is 247 g/mol. The summed E-state index contributed by atoms with van der Waals surface area (Å²) in [6.07, 6.45) is 1.43. The quantitative estimate of drug-likeness (QED) is 0.382. The number of carbonyl (C=O) groups excluding carboxylic acids is 2. The molecule has 1 aromatic rings. The number of hydrogen-bond acceptors (Lipinski definition) is 3. The van der Waals surface area contributed by atoms with Crippen molar-refractivity contribution < 1.29 is 14.3 Å². The molecule has 0 saturated carbocycles. The van der Waals surface area contributed by atoms with Crippen molar-refractivity contribution in [3.63, 3.8) is 0 Å². The molecule has 4 heteroatoms. The zero-order valence-electron chi connectivity index (χ0n) is 11.0. The normalized spacial score (nSPS) is 11.2. The lowest BCUT2D eigenvalue weighted by Gasteiger charge is -2.12. The molecule has 2 N–H and O–H groups in total. The summed E-state index contributed by atoms with van der Waals surface area (Å²) < 4.78 is 5.25. The van der Waals surface area contributed by atoms with Crippen LogP contribution in [-0.2, 0) is 4.79 Å². The summed E-state index contributed by atoms with van der Waals surface area (Å²) in [7, 11) is 1.55. The second kappa shape index (κ2) is 5.49. The molecule has 0 unspecified atom stereocenters. The third-order valence-electron chi connectivity index (χ3n) is 2.85. The minimum absolute atomic E-state index is 0.0102. The molecule has 4 nitrogen and oxygen atoms in total. The zero-order valence-corrected chi connectivity index (χ0v) is 11.0. The number of allylic oxidation sites excluding steroid dienone is 1. The fourth-order valence-electron chi connectivity index (χ4n) is 1.92. The molecule has 18 heavy (non-hydrogen) atoms. The van der Waals surface area contributed by atoms with Crippen molar-refractivity contribution in [2.75, 3.05) is 7.11 Å². The van der Waals surface area contributed by atoms with Gasteiger partial charge in [-0.25, -0.2) is 0 Å². The summed E-state index contributed by atoms with van der Waals surface area (Å²) >= 11 is 0. The van der Waals surface area contributed by atoms with E-state index in [-0.39, 0.29) is 11.4 Å². The first-order valence-electron chi connectivity index (χ1n) is 5.59. The van der Waals surface area contributed by atoms with Gasteiger partial charge in [0.05, 0.1) is 12.7 Å². The van der Waals surface area contributed by atoms with Gasteiger partial charge in [-0.15, -0.1) is 0 Å². The van der Waals surface area contributed by atoms with E-state index < -0.39 is 5.91 Å². The molecule has 0 aromatic heterocycles. The lowest BCUT2D eigenvalue weighted by atomic mass is 9.96. The molecule has 0 spiro atoms. The number of rotatable bonds is 4. The van der Waals surface area contributed by atoms with Gasteiger partial charge in [-0.05, 0) is 26.3 Å². The van der Waals surface area contributed by atoms with E-state index in [0.29, 0.717) is 16.9 Å². The lowest BCUT2D eigenvalue weighted by Crippen LogP contribution is -2.21. The third-order valence-corrected chi connectivity index (χ3v) is 2.85. The van der Waals surface area contributed by atoms with Crippen molar-refractivity contribution in [2.45, 2.75) is 20.8 Å². The van der Waals surface area contributed by atoms with Gasteiger partial charge in [0.25, 0.3) is 5.91 Å². The van der Waals surface area contributed by atoms with Gasteiger partial charge in [0.2, 0.25) is 0 Å². The Labute approximate surface area is 106 Å². The van der Waals surface area contributed by atoms with Crippen LogP contribution in [0.15, 0.2) is 23.8 Å². The van der Waals surface area contributed by atoms with Gasteiger partial charge in [-0.1, -0.05) is 18.2 Å². The molecule has 0 aliphatic carbocycles. The second-order valence-corrected chi connectivity index (χ2v) is 3.98. The number of benzene rings is 1. The van der Waals surface area contributed by atoms with Crippen molar-refractivity contribution in [2.24, 2.45) is 5.73 Å². The van der Waals surface area contributed by atoms with E-state index >= 15 is 0 Å². The molecule has 0 bridgehead atoms. The summed E-state index contributed by atoms with van der Waals surface area (Å²) in [5.41, 5.74) is 7.25. The summed E-state index contributed by atoms with van der Waals surface area (Å²) in [4.78, 5) is 23.4. The minimum atomic E-state index is -0.721. The molecule has 0 fully saturated rings. The Balaban J connectivity index is 3.35. The molecule has 96 valence electrons. The Kier molecular flexibility index (Phi) is 4.26. The summed E-state index contributed by atoms with van der Waals surface area (Å²) in [5.74, 6) is -0.442. The fraction of sp³-hybridized carbons (Fsp3) is 0.286. The lowest BCUT2D eigenvalue weighted by molar-refractivity contribution is -0.114. The van der Waals surface area contributed by atoms with Gasteiger partial charge >= 0.3 is 0 Å². The summed E-state index contributed by atoms with van der Waals surface area (Å²) in [6.45, 7) is 5.29. The van der Waals surface area contributed by atoms with Crippen molar-refractivity contribution >= 4 is 11.7 Å². The van der Waals surface area contributed by atoms with Crippen LogP contribution in [-0.4, -0.2) is 18.8 Å². The summed E-state index contributed by atoms with van der Waals surface area (Å²) in [5, 5.41) is 0. The molecular formula is C14H17NO3. The fourth-order valence-corrected chi connectivity index (χ4v) is 1.92. The van der Waals surface area contributed by atoms with Gasteiger partial charge in [-0.3, -0.25) is 9.59 Å². The van der Waals surface area contributed by atoms with E-state index in [0.717, 1.165) is 5.56 Å². The highest BCUT2D eigenvalue weighted by atomic mass is 16.5. The van der Waals surface area contributed by atoms with Crippen molar-refractivity contribution in [3.8, 4) is 5.75 Å². The van der Waals surface area contributed by atoms with Crippen LogP contribution in [0.5, 0.6) is 5.75 Å². The van der Waals surface area contributed by atoms with Gasteiger partial charge in [-0.2, -0.15) is 0 Å². The monoisotopic (exact) mass is 247 g/mol. The minimum Gasteiger partial charge on any atom is -0.496 e. The van der Waals surface area contributed by atoms with Gasteiger partial charge < -0.3 is 10.5 Å². The number of aryl methyl sites for hydroxylation is 1. The Bertz CT molecular complexity index is 530. The number of primary amides is 1. The molecular weight excluding hydrogens is 230 g/mol. The Hall–Kier alpha value is -2.10. The second-order valence-electron chi connectivity index (χ2n) is 3.98. The largest absolute Gasteiger partial charge is 0.496 e. The Morgan fingerprint density at radius 3 is 2.33 bits per heavy atom. The van der Waals surface area contributed by atoms with Crippen LogP contribution in [0.1, 0.15) is 28.4 Å². The van der Waals surface area contributed by atoms with E-state index in [1.54, 1.807) is 33.1 Å². The van der Waals surface area contributed by atoms with Crippen molar-refractivity contribution in [1.29, 1.82) is 0 Å². The third kappa shape index (κ3) is 2.42. The number of methoxy groups -OCH3 is 1. The Morgan fingerprint density at radius 1 is 1.28 bits per heavy atom. The standard InChI is InChI=1S/C14H17NO3/c1-5-10(14(15)17)12(16)11-7-6-8(2)13(18-4)9(11)3/h5-7H,1-4H3,(H2,15,17)/b10-5+. The van der Waals surface area contributed by atoms with E-state index in [9.17, 15) is 9.59 Å². The molecule has 1 amide bonds. The maximum Gasteiger partial charge on any atom is 0.252 e. The molecule has 0 atom stereocenters. The topological polar surface area (TPSA) is 69.4 Å². The van der Waals surface area contributed by atoms with Crippen LogP contribution in [0.4, 0.5) is 0 Å². The number of ether oxygens (including phenoxy) is 1. The number of amides is 1. The number of carbonyl (C=O) groups is 2. The van der Waals surface area contributed by atoms with Crippen LogP contribution >= 0.6 is 0 Å². The van der Waals surface area contributed by atoms with Gasteiger partial charge in [0, 0.05) is 11.1 Å². The molecule has 0 radical (unpaired) electrons. The van der Waals surface area contributed by atoms with E-state index in [4.69, 9.17) is 10.5 Å². The van der Waals surface area contributed by atoms with Crippen LogP contribution in [0, 0.1) is 13.8 Å². The van der Waals surface area contributed by atoms with E-state index in [1.165, 1.54) is 6.08 Å². The first kappa shape index (κ1) is 14.0. The average Bonchev–Trinajstić information content (AvgIpc) is 2.29. The molecule has 1 aromatic carbocycles. The van der Waals surface area contributed by atoms with Crippen LogP contribution in [0.25, 0.3) is 0 Å². The van der Waals surface area contributed by atoms with Crippen LogP contribution < -0.4 is 10.5 Å². The highest BCUT2D eigenvalue weighted by Gasteiger charge is 2.20. The maximum atomic E-state index is 12.2. The molecule has 0 aliphatic rings. The highest BCUT2D eigenvalue weighted by molar-refractivity contribution is 6.25. The molecule has 1 rings (SSSR count). The number of hydrogen-bond donors (Lipinski definition) is 1. The highest BCUT2D eigenvalue weighted by Crippen LogP contribution is 2.27. The zero-order chi connectivity index (χ0) is 13.9. The molecule has 0 heterocycles. The van der Waals surface area contributed by atoms with E-state index in [1.807, 2.05) is 6.92 Å². The maximum absolute atomic E-state index is 12.2. The van der Waals surface area contributed by atoms with Crippen molar-refractivity contribution in [3.05, 3.63) is 40.5 Å². The molecule has 0 aliphatic heterocycles. The van der Waals surface area contributed by atoms with Gasteiger partial charge in [0.1, 0.15) is 5.75 Å². The van der Waals surface area contributed by atoms with Crippen LogP contribution in [0.2, 0.25) is 0 Å². The molecule has 0 saturated heterocycles. The first-order chi connectivity index (χ1) is 8.43. The predicted octanol–water partition coefficient (Wildman–Crippen LogP) is 1.93. The van der Waals surface area contributed by atoms with Crippen molar-refractivity contribution in [1.82, 2.24) is 0 Å². The van der Waals surface area contributed by atoms with Crippen LogP contribution in [0.3, 0.4) is 0 Å². The van der Waals surface area contributed by atoms with Gasteiger partial charge in [0.15, 0.2) is 5.78 Å². The number of nitrogens with two attached hydrogens (primary N) is 1.